The zero-order valence-electron chi connectivity index (χ0n) is 15.8. The number of alkyl carbamates (subject to hydrolysis) is 1. The van der Waals surface area contributed by atoms with Crippen molar-refractivity contribution in [1.29, 1.82) is 0 Å². The van der Waals surface area contributed by atoms with Gasteiger partial charge in [-0.05, 0) is 35.1 Å². The Labute approximate surface area is 168 Å². The van der Waals surface area contributed by atoms with Gasteiger partial charge in [0, 0.05) is 18.9 Å². The summed E-state index contributed by atoms with van der Waals surface area (Å²) in [5, 5.41) is 14.1. The number of rotatable bonds is 7. The highest BCUT2D eigenvalue weighted by Gasteiger charge is 2.51. The van der Waals surface area contributed by atoms with Crippen LogP contribution in [0.5, 0.6) is 0 Å². The van der Waals surface area contributed by atoms with E-state index in [9.17, 15) is 14.4 Å². The molecule has 0 aliphatic heterocycles. The molecule has 2 aromatic carbocycles. The fourth-order valence-corrected chi connectivity index (χ4v) is 3.77. The number of carboxylic acid groups (broad SMARTS) is 1. The number of hydrogen-bond donors (Lipinski definition) is 3. The summed E-state index contributed by atoms with van der Waals surface area (Å²) in [6.45, 7) is 0.284. The van der Waals surface area contributed by atoms with E-state index in [0.29, 0.717) is 12.8 Å². The van der Waals surface area contributed by atoms with E-state index >= 15 is 0 Å². The molecule has 2 aliphatic carbocycles. The molecule has 0 saturated heterocycles. The van der Waals surface area contributed by atoms with Crippen molar-refractivity contribution < 1.29 is 24.2 Å². The zero-order valence-corrected chi connectivity index (χ0v) is 15.8. The van der Waals surface area contributed by atoms with Gasteiger partial charge >= 0.3 is 12.1 Å². The quantitative estimate of drug-likeness (QED) is 0.670. The Morgan fingerprint density at radius 2 is 1.59 bits per heavy atom. The molecule has 0 heterocycles. The predicted octanol–water partition coefficient (Wildman–Crippen LogP) is 2.65. The van der Waals surface area contributed by atoms with E-state index in [0.717, 1.165) is 22.3 Å². The fraction of sp³-hybridized carbons (Fsp3) is 0.318. The molecular formula is C22H22N2O5. The van der Waals surface area contributed by atoms with Crippen LogP contribution in [0.4, 0.5) is 4.79 Å². The molecule has 7 nitrogen and oxygen atoms in total. The van der Waals surface area contributed by atoms with E-state index in [4.69, 9.17) is 9.84 Å². The van der Waals surface area contributed by atoms with Gasteiger partial charge in [-0.1, -0.05) is 48.5 Å². The van der Waals surface area contributed by atoms with Crippen molar-refractivity contribution in [3.8, 4) is 11.1 Å². The Morgan fingerprint density at radius 3 is 2.14 bits per heavy atom. The lowest BCUT2D eigenvalue weighted by Crippen LogP contribution is -2.44. The minimum atomic E-state index is -1.11. The van der Waals surface area contributed by atoms with Crippen molar-refractivity contribution in [3.05, 3.63) is 59.7 Å². The number of aliphatic carboxylic acids is 1. The molecule has 4 rings (SSSR count). The van der Waals surface area contributed by atoms with Crippen molar-refractivity contribution in [1.82, 2.24) is 10.6 Å². The van der Waals surface area contributed by atoms with Gasteiger partial charge in [-0.3, -0.25) is 4.79 Å². The number of fused-ring (bicyclic) bond motifs is 3. The first-order chi connectivity index (χ1) is 14.0. The number of hydrogen-bond acceptors (Lipinski definition) is 4. The standard InChI is InChI=1S/C22H22N2O5/c25-19(24-22(10-11-22)20(26)27)9-12-23-21(28)29-13-18-16-7-3-1-5-14(16)15-6-2-4-8-17(15)18/h1-8,18H,9-13H2,(H,23,28)(H,24,25)(H,26,27). The number of nitrogens with one attached hydrogen (secondary N) is 2. The lowest BCUT2D eigenvalue weighted by molar-refractivity contribution is -0.143. The Bertz CT molecular complexity index is 922. The first-order valence-electron chi connectivity index (χ1n) is 9.63. The lowest BCUT2D eigenvalue weighted by atomic mass is 9.98. The summed E-state index contributed by atoms with van der Waals surface area (Å²) in [5.41, 5.74) is 3.46. The van der Waals surface area contributed by atoms with Gasteiger partial charge in [0.1, 0.15) is 12.1 Å². The van der Waals surface area contributed by atoms with Gasteiger partial charge in [-0.25, -0.2) is 9.59 Å². The van der Waals surface area contributed by atoms with Crippen LogP contribution in [-0.2, 0) is 14.3 Å². The minimum Gasteiger partial charge on any atom is -0.480 e. The SMILES string of the molecule is O=C(CCNC(=O)OCC1c2ccccc2-c2ccccc21)NC1(C(=O)O)CC1. The molecule has 150 valence electrons. The second-order valence-corrected chi connectivity index (χ2v) is 7.44. The van der Waals surface area contributed by atoms with E-state index in [1.807, 2.05) is 36.4 Å². The Hall–Kier alpha value is -3.35. The third-order valence-corrected chi connectivity index (χ3v) is 5.50. The molecule has 2 amide bonds. The Morgan fingerprint density at radius 1 is 1.00 bits per heavy atom. The molecule has 1 fully saturated rings. The molecule has 1 saturated carbocycles. The van der Waals surface area contributed by atoms with Crippen LogP contribution in [0.15, 0.2) is 48.5 Å². The van der Waals surface area contributed by atoms with Crippen LogP contribution in [0.3, 0.4) is 0 Å². The first-order valence-corrected chi connectivity index (χ1v) is 9.63. The molecule has 0 unspecified atom stereocenters. The van der Waals surface area contributed by atoms with Crippen molar-refractivity contribution in [3.63, 3.8) is 0 Å². The van der Waals surface area contributed by atoms with E-state index in [-0.39, 0.29) is 25.5 Å². The van der Waals surface area contributed by atoms with Crippen molar-refractivity contribution in [2.24, 2.45) is 0 Å². The fourth-order valence-electron chi connectivity index (χ4n) is 3.77. The van der Waals surface area contributed by atoms with Crippen molar-refractivity contribution >= 4 is 18.0 Å². The topological polar surface area (TPSA) is 105 Å². The number of carbonyl (C=O) groups is 3. The molecule has 2 aliphatic rings. The van der Waals surface area contributed by atoms with Gasteiger partial charge in [0.05, 0.1) is 0 Å². The maximum absolute atomic E-state index is 12.1. The molecule has 0 atom stereocenters. The van der Waals surface area contributed by atoms with Crippen LogP contribution in [0, 0.1) is 0 Å². The summed E-state index contributed by atoms with van der Waals surface area (Å²) >= 11 is 0. The molecule has 0 aromatic heterocycles. The number of benzene rings is 2. The van der Waals surface area contributed by atoms with Gasteiger partial charge in [-0.15, -0.1) is 0 Å². The summed E-state index contributed by atoms with van der Waals surface area (Å²) < 4.78 is 5.40. The van der Waals surface area contributed by atoms with Gasteiger partial charge in [-0.2, -0.15) is 0 Å². The van der Waals surface area contributed by atoms with E-state index in [1.165, 1.54) is 0 Å². The molecular weight excluding hydrogens is 372 g/mol. The van der Waals surface area contributed by atoms with E-state index < -0.39 is 23.5 Å². The predicted molar refractivity (Wildman–Crippen MR) is 105 cm³/mol. The molecule has 0 bridgehead atoms. The normalized spacial score (nSPS) is 15.7. The van der Waals surface area contributed by atoms with Crippen LogP contribution in [0.25, 0.3) is 11.1 Å². The third-order valence-electron chi connectivity index (χ3n) is 5.50. The van der Waals surface area contributed by atoms with Gasteiger partial charge in [0.2, 0.25) is 5.91 Å². The lowest BCUT2D eigenvalue weighted by Gasteiger charge is -2.15. The van der Waals surface area contributed by atoms with Crippen LogP contribution < -0.4 is 10.6 Å². The molecule has 7 heteroatoms. The molecule has 29 heavy (non-hydrogen) atoms. The van der Waals surface area contributed by atoms with Gasteiger partial charge < -0.3 is 20.5 Å². The number of amides is 2. The highest BCUT2D eigenvalue weighted by atomic mass is 16.5. The first kappa shape index (κ1) is 19.0. The van der Waals surface area contributed by atoms with Crippen LogP contribution >= 0.6 is 0 Å². The number of carbonyl (C=O) groups excluding carboxylic acids is 2. The maximum Gasteiger partial charge on any atom is 0.407 e. The summed E-state index contributed by atoms with van der Waals surface area (Å²) in [7, 11) is 0. The number of carboxylic acids is 1. The van der Waals surface area contributed by atoms with Crippen molar-refractivity contribution in [2.45, 2.75) is 30.7 Å². The van der Waals surface area contributed by atoms with Gasteiger partial charge in [0.15, 0.2) is 0 Å². The maximum atomic E-state index is 12.1. The molecule has 0 radical (unpaired) electrons. The van der Waals surface area contributed by atoms with E-state index in [2.05, 4.69) is 22.8 Å². The van der Waals surface area contributed by atoms with Crippen LogP contribution in [0.2, 0.25) is 0 Å². The third kappa shape index (κ3) is 3.81. The molecule has 3 N–H and O–H groups in total. The van der Waals surface area contributed by atoms with E-state index in [1.54, 1.807) is 0 Å². The zero-order chi connectivity index (χ0) is 20.4. The second-order valence-electron chi connectivity index (χ2n) is 7.44. The second kappa shape index (κ2) is 7.58. The van der Waals surface area contributed by atoms with Crippen molar-refractivity contribution in [2.75, 3.05) is 13.2 Å². The summed E-state index contributed by atoms with van der Waals surface area (Å²) in [4.78, 5) is 35.0. The Balaban J connectivity index is 1.27. The highest BCUT2D eigenvalue weighted by molar-refractivity contribution is 5.89. The highest BCUT2D eigenvalue weighted by Crippen LogP contribution is 2.44. The Kier molecular flexibility index (Phi) is 4.96. The summed E-state index contributed by atoms with van der Waals surface area (Å²) in [6, 6.07) is 16.1. The average Bonchev–Trinajstić information content (AvgIpc) is 3.43. The number of ether oxygens (including phenoxy) is 1. The minimum absolute atomic E-state index is 0.000768. The smallest absolute Gasteiger partial charge is 0.407 e. The average molecular weight is 394 g/mol. The molecule has 0 spiro atoms. The van der Waals surface area contributed by atoms with Crippen LogP contribution in [0.1, 0.15) is 36.3 Å². The van der Waals surface area contributed by atoms with Gasteiger partial charge in [0.25, 0.3) is 0 Å². The largest absolute Gasteiger partial charge is 0.480 e. The summed E-state index contributed by atoms with van der Waals surface area (Å²) in [5.74, 6) is -1.44. The van der Waals surface area contributed by atoms with Crippen LogP contribution in [-0.4, -0.2) is 41.8 Å². The summed E-state index contributed by atoms with van der Waals surface area (Å²) in [6.07, 6.45) is 0.278. The monoisotopic (exact) mass is 394 g/mol. The molecule has 2 aromatic rings.